The Hall–Kier alpha value is -2.93. The van der Waals surface area contributed by atoms with E-state index in [9.17, 15) is 9.18 Å². The molecule has 1 aliphatic rings. The lowest BCUT2D eigenvalue weighted by Crippen LogP contribution is -2.38. The maximum absolute atomic E-state index is 13.8. The number of hydrazone groups is 1. The topological polar surface area (TPSA) is 54.4 Å². The van der Waals surface area contributed by atoms with Gasteiger partial charge in [0, 0.05) is 23.6 Å². The van der Waals surface area contributed by atoms with Gasteiger partial charge < -0.3 is 9.47 Å². The van der Waals surface area contributed by atoms with E-state index in [-0.39, 0.29) is 24.3 Å². The zero-order valence-corrected chi connectivity index (χ0v) is 17.9. The van der Waals surface area contributed by atoms with Crippen LogP contribution in [0.3, 0.4) is 0 Å². The van der Waals surface area contributed by atoms with Gasteiger partial charge in [0.1, 0.15) is 17.3 Å². The summed E-state index contributed by atoms with van der Waals surface area (Å²) in [7, 11) is 3.18. The molecule has 0 aliphatic carbocycles. The predicted octanol–water partition coefficient (Wildman–Crippen LogP) is 3.86. The van der Waals surface area contributed by atoms with Gasteiger partial charge in [0.05, 0.1) is 32.5 Å². The second-order valence-electron chi connectivity index (χ2n) is 7.08. The molecule has 0 fully saturated rings. The summed E-state index contributed by atoms with van der Waals surface area (Å²) in [6.45, 7) is 5.85. The predicted molar refractivity (Wildman–Crippen MR) is 114 cm³/mol. The minimum absolute atomic E-state index is 0.104. The standard InChI is InChI=1S/C23H28FN3O3/c1-5-26(6-2)15-23(28)27-21(19-11-10-18(29-3)13-22(19)30-4)14-20(25-27)16-8-7-9-17(24)12-16/h7-13,21H,5-6,14-15H2,1-4H3. The smallest absolute Gasteiger partial charge is 0.257 e. The fraction of sp³-hybridized carbons (Fsp3) is 0.391. The molecule has 30 heavy (non-hydrogen) atoms. The highest BCUT2D eigenvalue weighted by atomic mass is 19.1. The van der Waals surface area contributed by atoms with Gasteiger partial charge in [0.15, 0.2) is 0 Å². The number of halogens is 1. The van der Waals surface area contributed by atoms with Crippen molar-refractivity contribution in [2.75, 3.05) is 33.9 Å². The first-order valence-corrected chi connectivity index (χ1v) is 10.1. The summed E-state index contributed by atoms with van der Waals surface area (Å²) >= 11 is 0. The van der Waals surface area contributed by atoms with Crippen molar-refractivity contribution in [3.05, 3.63) is 59.4 Å². The highest BCUT2D eigenvalue weighted by Crippen LogP contribution is 2.39. The van der Waals surface area contributed by atoms with Gasteiger partial charge in [-0.2, -0.15) is 5.10 Å². The third-order valence-corrected chi connectivity index (χ3v) is 5.38. The summed E-state index contributed by atoms with van der Waals surface area (Å²) < 4.78 is 24.7. The van der Waals surface area contributed by atoms with E-state index >= 15 is 0 Å². The van der Waals surface area contributed by atoms with Gasteiger partial charge in [-0.25, -0.2) is 9.40 Å². The molecule has 7 heteroatoms. The Balaban J connectivity index is 1.99. The number of nitrogens with zero attached hydrogens (tertiary/aromatic N) is 3. The van der Waals surface area contributed by atoms with Gasteiger partial charge in [-0.05, 0) is 37.4 Å². The monoisotopic (exact) mass is 413 g/mol. The molecular weight excluding hydrogens is 385 g/mol. The van der Waals surface area contributed by atoms with Crippen molar-refractivity contribution in [1.82, 2.24) is 9.91 Å². The van der Waals surface area contributed by atoms with Crippen LogP contribution in [0.15, 0.2) is 47.6 Å². The molecule has 0 N–H and O–H groups in total. The molecule has 160 valence electrons. The third-order valence-electron chi connectivity index (χ3n) is 5.38. The van der Waals surface area contributed by atoms with Crippen LogP contribution in [-0.4, -0.2) is 55.4 Å². The van der Waals surface area contributed by atoms with Crippen molar-refractivity contribution in [1.29, 1.82) is 0 Å². The van der Waals surface area contributed by atoms with Crippen LogP contribution >= 0.6 is 0 Å². The zero-order chi connectivity index (χ0) is 21.7. The van der Waals surface area contributed by atoms with Crippen LogP contribution in [0.2, 0.25) is 0 Å². The van der Waals surface area contributed by atoms with Gasteiger partial charge in [0.25, 0.3) is 5.91 Å². The lowest BCUT2D eigenvalue weighted by atomic mass is 9.97. The normalized spacial score (nSPS) is 16.0. The minimum Gasteiger partial charge on any atom is -0.497 e. The summed E-state index contributed by atoms with van der Waals surface area (Å²) in [5.41, 5.74) is 2.18. The number of methoxy groups -OCH3 is 2. The van der Waals surface area contributed by atoms with Crippen LogP contribution in [0.25, 0.3) is 0 Å². The quantitative estimate of drug-likeness (QED) is 0.659. The molecule has 0 bridgehead atoms. The summed E-state index contributed by atoms with van der Waals surface area (Å²) in [5, 5.41) is 6.13. The highest BCUT2D eigenvalue weighted by molar-refractivity contribution is 6.03. The molecule has 1 unspecified atom stereocenters. The summed E-state index contributed by atoms with van der Waals surface area (Å²) in [5.74, 6) is 0.853. The van der Waals surface area contributed by atoms with Gasteiger partial charge >= 0.3 is 0 Å². The summed E-state index contributed by atoms with van der Waals surface area (Å²) in [4.78, 5) is 15.2. The molecule has 0 aromatic heterocycles. The molecule has 0 spiro atoms. The Bertz CT molecular complexity index is 928. The summed E-state index contributed by atoms with van der Waals surface area (Å²) in [6, 6.07) is 11.5. The van der Waals surface area contributed by atoms with Crippen LogP contribution in [-0.2, 0) is 4.79 Å². The van der Waals surface area contributed by atoms with Gasteiger partial charge in [0.2, 0.25) is 0 Å². The number of amides is 1. The number of ether oxygens (including phenoxy) is 2. The first kappa shape index (κ1) is 21.8. The Morgan fingerprint density at radius 1 is 1.17 bits per heavy atom. The maximum atomic E-state index is 13.8. The van der Waals surface area contributed by atoms with E-state index in [4.69, 9.17) is 9.47 Å². The maximum Gasteiger partial charge on any atom is 0.257 e. The Morgan fingerprint density at radius 3 is 2.57 bits per heavy atom. The first-order valence-electron chi connectivity index (χ1n) is 10.1. The van der Waals surface area contributed by atoms with Gasteiger partial charge in [-0.1, -0.05) is 26.0 Å². The molecule has 2 aromatic carbocycles. The third kappa shape index (κ3) is 4.62. The van der Waals surface area contributed by atoms with Crippen LogP contribution in [0.4, 0.5) is 4.39 Å². The van der Waals surface area contributed by atoms with Crippen molar-refractivity contribution in [3.63, 3.8) is 0 Å². The van der Waals surface area contributed by atoms with E-state index < -0.39 is 0 Å². The van der Waals surface area contributed by atoms with E-state index in [1.807, 2.05) is 36.9 Å². The molecule has 1 aliphatic heterocycles. The van der Waals surface area contributed by atoms with E-state index in [1.165, 1.54) is 17.1 Å². The number of rotatable bonds is 8. The molecule has 1 amide bonds. The highest BCUT2D eigenvalue weighted by Gasteiger charge is 2.35. The fourth-order valence-corrected chi connectivity index (χ4v) is 3.63. The second kappa shape index (κ2) is 9.71. The molecule has 0 saturated heterocycles. The Labute approximate surface area is 176 Å². The van der Waals surface area contributed by atoms with Crippen LogP contribution in [0, 0.1) is 5.82 Å². The molecule has 0 saturated carbocycles. The van der Waals surface area contributed by atoms with Crippen LogP contribution in [0.5, 0.6) is 11.5 Å². The molecule has 3 rings (SSSR count). The molecule has 2 aromatic rings. The van der Waals surface area contributed by atoms with Crippen molar-refractivity contribution in [2.24, 2.45) is 5.10 Å². The number of likely N-dealkylation sites (N-methyl/N-ethyl adjacent to an activating group) is 1. The average Bonchev–Trinajstić information content (AvgIpc) is 3.22. The summed E-state index contributed by atoms with van der Waals surface area (Å²) in [6.07, 6.45) is 0.468. The van der Waals surface area contributed by atoms with Crippen molar-refractivity contribution in [3.8, 4) is 11.5 Å². The molecule has 1 atom stereocenters. The molecule has 0 radical (unpaired) electrons. The van der Waals surface area contributed by atoms with E-state index in [0.29, 0.717) is 29.2 Å². The largest absolute Gasteiger partial charge is 0.497 e. The zero-order valence-electron chi connectivity index (χ0n) is 17.9. The SMILES string of the molecule is CCN(CC)CC(=O)N1N=C(c2cccc(F)c2)CC1c1ccc(OC)cc1OC. The molecule has 6 nitrogen and oxygen atoms in total. The average molecular weight is 413 g/mol. The van der Waals surface area contributed by atoms with Crippen molar-refractivity contribution < 1.29 is 18.7 Å². The lowest BCUT2D eigenvalue weighted by Gasteiger charge is -2.26. The Morgan fingerprint density at radius 2 is 1.93 bits per heavy atom. The van der Waals surface area contributed by atoms with Crippen LogP contribution in [0.1, 0.15) is 37.4 Å². The Kier molecular flexibility index (Phi) is 7.05. The lowest BCUT2D eigenvalue weighted by molar-refractivity contribution is -0.134. The number of hydrogen-bond acceptors (Lipinski definition) is 5. The fourth-order valence-electron chi connectivity index (χ4n) is 3.63. The molecule has 1 heterocycles. The number of carbonyl (C=O) groups is 1. The first-order chi connectivity index (χ1) is 14.5. The minimum atomic E-state index is -0.341. The van der Waals surface area contributed by atoms with E-state index in [0.717, 1.165) is 18.7 Å². The number of benzene rings is 2. The van der Waals surface area contributed by atoms with Gasteiger partial charge in [-0.3, -0.25) is 9.69 Å². The van der Waals surface area contributed by atoms with E-state index in [1.54, 1.807) is 26.4 Å². The van der Waals surface area contributed by atoms with Crippen LogP contribution < -0.4 is 9.47 Å². The van der Waals surface area contributed by atoms with Gasteiger partial charge in [-0.15, -0.1) is 0 Å². The molecular formula is C23H28FN3O3. The van der Waals surface area contributed by atoms with E-state index in [2.05, 4.69) is 5.10 Å². The van der Waals surface area contributed by atoms with Crippen molar-refractivity contribution >= 4 is 11.6 Å². The second-order valence-corrected chi connectivity index (χ2v) is 7.08. The van der Waals surface area contributed by atoms with Crippen molar-refractivity contribution in [2.45, 2.75) is 26.3 Å². The number of hydrogen-bond donors (Lipinski definition) is 0. The number of carbonyl (C=O) groups excluding carboxylic acids is 1.